The molecule has 4 rings (SSSR count). The summed E-state index contributed by atoms with van der Waals surface area (Å²) in [6.45, 7) is 10.5. The van der Waals surface area contributed by atoms with Crippen LogP contribution in [0.3, 0.4) is 0 Å². The van der Waals surface area contributed by atoms with Crippen molar-refractivity contribution in [2.24, 2.45) is 0 Å². The lowest BCUT2D eigenvalue weighted by atomic mass is 10.2. The molecule has 2 aromatic heterocycles. The molecule has 154 valence electrons. The first kappa shape index (κ1) is 20.0. The summed E-state index contributed by atoms with van der Waals surface area (Å²) in [5.41, 5.74) is 1.22. The number of rotatable bonds is 4. The van der Waals surface area contributed by atoms with Crippen molar-refractivity contribution in [1.82, 2.24) is 19.2 Å². The van der Waals surface area contributed by atoms with Crippen molar-refractivity contribution in [3.8, 4) is 0 Å². The topological polar surface area (TPSA) is 78.9 Å². The van der Waals surface area contributed by atoms with Crippen molar-refractivity contribution in [1.29, 1.82) is 0 Å². The first-order chi connectivity index (χ1) is 13.3. The molecule has 2 aromatic rings. The number of morpholine rings is 1. The number of aromatic nitrogens is 2. The van der Waals surface area contributed by atoms with E-state index in [9.17, 15) is 8.42 Å². The molecule has 0 atom stereocenters. The minimum Gasteiger partial charge on any atom is -0.379 e. The summed E-state index contributed by atoms with van der Waals surface area (Å²) in [4.78, 5) is 16.6. The van der Waals surface area contributed by atoms with Gasteiger partial charge in [0.1, 0.15) is 16.5 Å². The van der Waals surface area contributed by atoms with Crippen molar-refractivity contribution in [3.63, 3.8) is 0 Å². The van der Waals surface area contributed by atoms with Crippen molar-refractivity contribution < 1.29 is 13.2 Å². The van der Waals surface area contributed by atoms with Crippen LogP contribution in [0.1, 0.15) is 16.3 Å². The number of hydrogen-bond acceptors (Lipinski definition) is 8. The summed E-state index contributed by atoms with van der Waals surface area (Å²) in [6, 6.07) is 0. The molecule has 0 aliphatic carbocycles. The molecule has 28 heavy (non-hydrogen) atoms. The van der Waals surface area contributed by atoms with Crippen molar-refractivity contribution in [3.05, 3.63) is 16.3 Å². The molecule has 2 fully saturated rings. The molecule has 0 unspecified atom stereocenters. The minimum absolute atomic E-state index is 0.491. The predicted molar refractivity (Wildman–Crippen MR) is 112 cm³/mol. The fourth-order valence-corrected chi connectivity index (χ4v) is 5.63. The molecule has 0 saturated carbocycles. The smallest absolute Gasteiger partial charge is 0.211 e. The van der Waals surface area contributed by atoms with Crippen LogP contribution in [0.25, 0.3) is 10.2 Å². The summed E-state index contributed by atoms with van der Waals surface area (Å²) in [7, 11) is -3.15. The summed E-state index contributed by atoms with van der Waals surface area (Å²) in [6.07, 6.45) is 1.28. The van der Waals surface area contributed by atoms with Crippen molar-refractivity contribution >= 4 is 37.4 Å². The van der Waals surface area contributed by atoms with E-state index >= 15 is 0 Å². The van der Waals surface area contributed by atoms with Gasteiger partial charge in [-0.2, -0.15) is 4.31 Å². The van der Waals surface area contributed by atoms with Crippen LogP contribution in [0.4, 0.5) is 5.82 Å². The Balaban J connectivity index is 1.65. The second-order valence-corrected chi connectivity index (χ2v) is 10.7. The van der Waals surface area contributed by atoms with Crippen LogP contribution in [0, 0.1) is 13.8 Å². The molecule has 0 N–H and O–H groups in total. The highest BCUT2D eigenvalue weighted by Gasteiger charge is 2.27. The van der Waals surface area contributed by atoms with Gasteiger partial charge >= 0.3 is 0 Å². The second kappa shape index (κ2) is 7.83. The van der Waals surface area contributed by atoms with Gasteiger partial charge in [0.25, 0.3) is 0 Å². The Bertz CT molecular complexity index is 961. The van der Waals surface area contributed by atoms with Crippen LogP contribution in [-0.2, 0) is 21.3 Å². The molecule has 2 saturated heterocycles. The highest BCUT2D eigenvalue weighted by molar-refractivity contribution is 7.88. The summed E-state index contributed by atoms with van der Waals surface area (Å²) >= 11 is 1.71. The van der Waals surface area contributed by atoms with Gasteiger partial charge in [-0.3, -0.25) is 4.90 Å². The van der Waals surface area contributed by atoms with E-state index in [1.165, 1.54) is 16.7 Å². The normalized spacial score (nSPS) is 20.2. The quantitative estimate of drug-likeness (QED) is 0.729. The van der Waals surface area contributed by atoms with E-state index in [0.29, 0.717) is 32.7 Å². The van der Waals surface area contributed by atoms with Gasteiger partial charge in [-0.1, -0.05) is 0 Å². The van der Waals surface area contributed by atoms with E-state index in [4.69, 9.17) is 14.7 Å². The van der Waals surface area contributed by atoms with E-state index in [1.54, 1.807) is 15.6 Å². The third-order valence-electron chi connectivity index (χ3n) is 5.53. The molecule has 0 bridgehead atoms. The van der Waals surface area contributed by atoms with Gasteiger partial charge in [0.05, 0.1) is 31.4 Å². The number of piperazine rings is 1. The largest absolute Gasteiger partial charge is 0.379 e. The van der Waals surface area contributed by atoms with E-state index in [-0.39, 0.29) is 0 Å². The average Bonchev–Trinajstić information content (AvgIpc) is 2.95. The van der Waals surface area contributed by atoms with Crippen molar-refractivity contribution in [2.75, 3.05) is 63.6 Å². The third kappa shape index (κ3) is 4.02. The monoisotopic (exact) mass is 425 g/mol. The number of anilines is 1. The van der Waals surface area contributed by atoms with Gasteiger partial charge in [0, 0.05) is 44.1 Å². The molecule has 0 radical (unpaired) electrons. The third-order valence-corrected chi connectivity index (χ3v) is 7.94. The van der Waals surface area contributed by atoms with E-state index in [1.807, 2.05) is 0 Å². The van der Waals surface area contributed by atoms with Gasteiger partial charge < -0.3 is 9.64 Å². The van der Waals surface area contributed by atoms with Crippen LogP contribution < -0.4 is 4.90 Å². The van der Waals surface area contributed by atoms with Gasteiger partial charge in [0.2, 0.25) is 10.0 Å². The van der Waals surface area contributed by atoms with Gasteiger partial charge in [-0.25, -0.2) is 18.4 Å². The van der Waals surface area contributed by atoms with Crippen LogP contribution in [0.15, 0.2) is 0 Å². The summed E-state index contributed by atoms with van der Waals surface area (Å²) < 4.78 is 30.7. The number of nitrogens with zero attached hydrogens (tertiary/aromatic N) is 5. The SMILES string of the molecule is Cc1sc2nc(CN3CCOCC3)nc(N3CCN(S(C)(=O)=O)CC3)c2c1C. The van der Waals surface area contributed by atoms with Gasteiger partial charge in [-0.05, 0) is 19.4 Å². The fourth-order valence-electron chi connectivity index (χ4n) is 3.76. The number of fused-ring (bicyclic) bond motifs is 1. The first-order valence-corrected chi connectivity index (χ1v) is 12.3. The number of ether oxygens (including phenoxy) is 1. The predicted octanol–water partition coefficient (Wildman–Crippen LogP) is 1.22. The summed E-state index contributed by atoms with van der Waals surface area (Å²) in [5, 5.41) is 1.11. The Morgan fingerprint density at radius 2 is 1.71 bits per heavy atom. The number of sulfonamides is 1. The zero-order valence-corrected chi connectivity index (χ0v) is 18.3. The maximum Gasteiger partial charge on any atom is 0.211 e. The van der Waals surface area contributed by atoms with Crippen LogP contribution in [0.2, 0.25) is 0 Å². The second-order valence-electron chi connectivity index (χ2n) is 7.46. The lowest BCUT2D eigenvalue weighted by Gasteiger charge is -2.34. The number of hydrogen-bond donors (Lipinski definition) is 0. The van der Waals surface area contributed by atoms with Crippen LogP contribution >= 0.6 is 11.3 Å². The van der Waals surface area contributed by atoms with E-state index in [2.05, 4.69) is 23.6 Å². The Labute approximate surface area is 170 Å². The molecular formula is C18H27N5O3S2. The average molecular weight is 426 g/mol. The highest BCUT2D eigenvalue weighted by Crippen LogP contribution is 2.35. The standard InChI is InChI=1S/C18H27N5O3S2/c1-13-14(2)27-18-16(13)17(22-4-6-23(7-5-22)28(3,24)25)19-15(20-18)12-21-8-10-26-11-9-21/h4-12H2,1-3H3. The zero-order valence-electron chi connectivity index (χ0n) is 16.6. The summed E-state index contributed by atoms with van der Waals surface area (Å²) in [5.74, 6) is 1.78. The Hall–Kier alpha value is -1.33. The van der Waals surface area contributed by atoms with Gasteiger partial charge in [-0.15, -0.1) is 11.3 Å². The van der Waals surface area contributed by atoms with Crippen molar-refractivity contribution in [2.45, 2.75) is 20.4 Å². The molecular weight excluding hydrogens is 398 g/mol. The zero-order chi connectivity index (χ0) is 19.9. The maximum atomic E-state index is 11.8. The highest BCUT2D eigenvalue weighted by atomic mass is 32.2. The van der Waals surface area contributed by atoms with Crippen LogP contribution in [0.5, 0.6) is 0 Å². The Morgan fingerprint density at radius 1 is 1.04 bits per heavy atom. The Kier molecular flexibility index (Phi) is 5.58. The lowest BCUT2D eigenvalue weighted by Crippen LogP contribution is -2.48. The lowest BCUT2D eigenvalue weighted by molar-refractivity contribution is 0.0331. The molecule has 0 aromatic carbocycles. The first-order valence-electron chi connectivity index (χ1n) is 9.59. The van der Waals surface area contributed by atoms with Crippen LogP contribution in [-0.4, -0.2) is 86.3 Å². The number of aryl methyl sites for hydroxylation is 2. The fraction of sp³-hybridized carbons (Fsp3) is 0.667. The maximum absolute atomic E-state index is 11.8. The molecule has 4 heterocycles. The van der Waals surface area contributed by atoms with Gasteiger partial charge in [0.15, 0.2) is 0 Å². The molecule has 2 aliphatic rings. The molecule has 0 amide bonds. The van der Waals surface area contributed by atoms with E-state index in [0.717, 1.165) is 48.2 Å². The molecule has 0 spiro atoms. The molecule has 2 aliphatic heterocycles. The molecule has 10 heteroatoms. The molecule has 8 nitrogen and oxygen atoms in total. The van der Waals surface area contributed by atoms with E-state index < -0.39 is 10.0 Å². The minimum atomic E-state index is -3.15. The number of thiophene rings is 1. The Morgan fingerprint density at radius 3 is 2.36 bits per heavy atom.